The number of methoxy groups -OCH3 is 3. The molecule has 0 saturated carbocycles. The number of nitrogens with zero attached hydrogens (tertiary/aromatic N) is 2. The SMILES string of the molecule is COc1cc(C(=O)NC(=S)N2CCN(c3cccc(Cl)c3)CC2)cc(OC)c1OC. The van der Waals surface area contributed by atoms with Crippen molar-refractivity contribution in [3.63, 3.8) is 0 Å². The van der Waals surface area contributed by atoms with Gasteiger partial charge in [0.05, 0.1) is 21.3 Å². The van der Waals surface area contributed by atoms with Gasteiger partial charge in [-0.2, -0.15) is 0 Å². The van der Waals surface area contributed by atoms with Gasteiger partial charge in [-0.3, -0.25) is 10.1 Å². The Labute approximate surface area is 186 Å². The summed E-state index contributed by atoms with van der Waals surface area (Å²) >= 11 is 11.6. The van der Waals surface area contributed by atoms with Gasteiger partial charge in [-0.1, -0.05) is 17.7 Å². The molecule has 0 spiro atoms. The summed E-state index contributed by atoms with van der Waals surface area (Å²) in [6, 6.07) is 11.0. The van der Waals surface area contributed by atoms with E-state index < -0.39 is 0 Å². The number of ether oxygens (including phenoxy) is 3. The minimum absolute atomic E-state index is 0.337. The van der Waals surface area contributed by atoms with E-state index in [1.54, 1.807) is 12.1 Å². The van der Waals surface area contributed by atoms with Crippen LogP contribution in [0.3, 0.4) is 0 Å². The molecule has 1 saturated heterocycles. The molecule has 2 aromatic carbocycles. The van der Waals surface area contributed by atoms with Crippen LogP contribution in [0.15, 0.2) is 36.4 Å². The molecule has 0 unspecified atom stereocenters. The molecule has 1 N–H and O–H groups in total. The molecule has 1 heterocycles. The molecule has 1 aliphatic heterocycles. The van der Waals surface area contributed by atoms with E-state index in [1.807, 2.05) is 29.2 Å². The Kier molecular flexibility index (Phi) is 7.23. The van der Waals surface area contributed by atoms with Gasteiger partial charge in [0, 0.05) is 42.5 Å². The second-order valence-electron chi connectivity index (χ2n) is 6.63. The van der Waals surface area contributed by atoms with Gasteiger partial charge >= 0.3 is 0 Å². The highest BCUT2D eigenvalue weighted by atomic mass is 35.5. The zero-order valence-corrected chi connectivity index (χ0v) is 18.7. The van der Waals surface area contributed by atoms with Crippen molar-refractivity contribution in [3.05, 3.63) is 47.0 Å². The van der Waals surface area contributed by atoms with Crippen molar-refractivity contribution in [1.29, 1.82) is 0 Å². The summed E-state index contributed by atoms with van der Waals surface area (Å²) in [6.07, 6.45) is 0. The first kappa shape index (κ1) is 22.0. The number of carbonyl (C=O) groups is 1. The fraction of sp³-hybridized carbons (Fsp3) is 0.333. The first-order chi connectivity index (χ1) is 14.5. The Balaban J connectivity index is 1.63. The lowest BCUT2D eigenvalue weighted by Crippen LogP contribution is -2.52. The van der Waals surface area contributed by atoms with Crippen LogP contribution in [0.4, 0.5) is 5.69 Å². The van der Waals surface area contributed by atoms with Gasteiger partial charge < -0.3 is 24.0 Å². The number of piperazine rings is 1. The van der Waals surface area contributed by atoms with Gasteiger partial charge in [-0.05, 0) is 42.5 Å². The minimum Gasteiger partial charge on any atom is -0.493 e. The summed E-state index contributed by atoms with van der Waals surface area (Å²) in [5.74, 6) is 0.902. The number of carbonyl (C=O) groups excluding carboxylic acids is 1. The number of hydrogen-bond acceptors (Lipinski definition) is 6. The molecule has 0 radical (unpaired) electrons. The zero-order valence-electron chi connectivity index (χ0n) is 17.1. The topological polar surface area (TPSA) is 63.3 Å². The molecule has 1 amide bonds. The van der Waals surface area contributed by atoms with Crippen molar-refractivity contribution in [2.45, 2.75) is 0 Å². The van der Waals surface area contributed by atoms with Crippen LogP contribution >= 0.6 is 23.8 Å². The van der Waals surface area contributed by atoms with E-state index in [4.69, 9.17) is 38.0 Å². The maximum Gasteiger partial charge on any atom is 0.257 e. The lowest BCUT2D eigenvalue weighted by Gasteiger charge is -2.37. The lowest BCUT2D eigenvalue weighted by molar-refractivity contribution is 0.0972. The molecule has 2 aromatic rings. The van der Waals surface area contributed by atoms with E-state index in [9.17, 15) is 4.79 Å². The highest BCUT2D eigenvalue weighted by Gasteiger charge is 2.22. The maximum absolute atomic E-state index is 12.8. The molecule has 9 heteroatoms. The van der Waals surface area contributed by atoms with E-state index in [0.29, 0.717) is 46.0 Å². The molecular weight excluding hydrogens is 426 g/mol. The summed E-state index contributed by atoms with van der Waals surface area (Å²) < 4.78 is 15.9. The summed E-state index contributed by atoms with van der Waals surface area (Å²) in [5.41, 5.74) is 1.44. The number of benzene rings is 2. The quantitative estimate of drug-likeness (QED) is 0.703. The number of thiocarbonyl (C=S) groups is 1. The number of anilines is 1. The Morgan fingerprint density at radius 3 is 2.17 bits per heavy atom. The normalized spacial score (nSPS) is 13.6. The van der Waals surface area contributed by atoms with Crippen LogP contribution < -0.4 is 24.4 Å². The molecule has 0 aliphatic carbocycles. The van der Waals surface area contributed by atoms with Crippen molar-refractivity contribution in [3.8, 4) is 17.2 Å². The summed E-state index contributed by atoms with van der Waals surface area (Å²) in [7, 11) is 4.52. The van der Waals surface area contributed by atoms with Crippen LogP contribution in [0, 0.1) is 0 Å². The van der Waals surface area contributed by atoms with Crippen molar-refractivity contribution >= 4 is 40.5 Å². The van der Waals surface area contributed by atoms with Crippen LogP contribution in [-0.4, -0.2) is 63.4 Å². The smallest absolute Gasteiger partial charge is 0.257 e. The molecule has 1 aliphatic rings. The van der Waals surface area contributed by atoms with Gasteiger partial charge in [-0.25, -0.2) is 0 Å². The van der Waals surface area contributed by atoms with Crippen LogP contribution in [0.1, 0.15) is 10.4 Å². The second kappa shape index (κ2) is 9.86. The molecule has 3 rings (SSSR count). The number of halogens is 1. The van der Waals surface area contributed by atoms with E-state index in [2.05, 4.69) is 10.2 Å². The fourth-order valence-electron chi connectivity index (χ4n) is 3.30. The standard InChI is InChI=1S/C21H24ClN3O4S/c1-27-17-11-14(12-18(28-2)19(17)29-3)20(26)23-21(30)25-9-7-24(8-10-25)16-6-4-5-15(22)13-16/h4-6,11-13H,7-10H2,1-3H3,(H,23,26,30). The molecular formula is C21H24ClN3O4S. The molecule has 1 fully saturated rings. The zero-order chi connectivity index (χ0) is 21.7. The van der Waals surface area contributed by atoms with Gasteiger partial charge in [0.25, 0.3) is 5.91 Å². The molecule has 30 heavy (non-hydrogen) atoms. The van der Waals surface area contributed by atoms with Gasteiger partial charge in [0.2, 0.25) is 5.75 Å². The van der Waals surface area contributed by atoms with Crippen LogP contribution in [0.2, 0.25) is 5.02 Å². The number of hydrogen-bond donors (Lipinski definition) is 1. The maximum atomic E-state index is 12.8. The molecule has 7 nitrogen and oxygen atoms in total. The van der Waals surface area contributed by atoms with Crippen molar-refractivity contribution < 1.29 is 19.0 Å². The summed E-state index contributed by atoms with van der Waals surface area (Å²) in [6.45, 7) is 2.95. The number of amides is 1. The summed E-state index contributed by atoms with van der Waals surface area (Å²) in [5, 5.41) is 3.90. The lowest BCUT2D eigenvalue weighted by atomic mass is 10.1. The highest BCUT2D eigenvalue weighted by molar-refractivity contribution is 7.80. The van der Waals surface area contributed by atoms with E-state index >= 15 is 0 Å². The van der Waals surface area contributed by atoms with Crippen LogP contribution in [0.5, 0.6) is 17.2 Å². The Hall–Kier alpha value is -2.71. The molecule has 160 valence electrons. The first-order valence-electron chi connectivity index (χ1n) is 9.37. The third kappa shape index (κ3) is 4.88. The first-order valence-corrected chi connectivity index (χ1v) is 10.2. The van der Waals surface area contributed by atoms with Gasteiger partial charge in [-0.15, -0.1) is 0 Å². The fourth-order valence-corrected chi connectivity index (χ4v) is 3.76. The monoisotopic (exact) mass is 449 g/mol. The minimum atomic E-state index is -0.337. The van der Waals surface area contributed by atoms with E-state index in [1.165, 1.54) is 21.3 Å². The molecule has 0 bridgehead atoms. The largest absolute Gasteiger partial charge is 0.493 e. The van der Waals surface area contributed by atoms with Crippen molar-refractivity contribution in [2.75, 3.05) is 52.4 Å². The molecule has 0 aromatic heterocycles. The number of rotatable bonds is 5. The van der Waals surface area contributed by atoms with Crippen molar-refractivity contribution in [1.82, 2.24) is 10.2 Å². The third-order valence-electron chi connectivity index (χ3n) is 4.89. The predicted octanol–water partition coefficient (Wildman–Crippen LogP) is 3.20. The number of nitrogens with one attached hydrogen (secondary N) is 1. The van der Waals surface area contributed by atoms with Crippen LogP contribution in [-0.2, 0) is 0 Å². The van der Waals surface area contributed by atoms with Crippen LogP contribution in [0.25, 0.3) is 0 Å². The van der Waals surface area contributed by atoms with Gasteiger partial charge in [0.15, 0.2) is 16.6 Å². The highest BCUT2D eigenvalue weighted by Crippen LogP contribution is 2.38. The van der Waals surface area contributed by atoms with E-state index in [-0.39, 0.29) is 5.91 Å². The average Bonchev–Trinajstić information content (AvgIpc) is 2.77. The predicted molar refractivity (Wildman–Crippen MR) is 121 cm³/mol. The molecule has 0 atom stereocenters. The Bertz CT molecular complexity index is 907. The average molecular weight is 450 g/mol. The summed E-state index contributed by atoms with van der Waals surface area (Å²) in [4.78, 5) is 17.0. The third-order valence-corrected chi connectivity index (χ3v) is 5.48. The van der Waals surface area contributed by atoms with E-state index in [0.717, 1.165) is 18.8 Å². The van der Waals surface area contributed by atoms with Gasteiger partial charge in [0.1, 0.15) is 0 Å². The second-order valence-corrected chi connectivity index (χ2v) is 7.45. The van der Waals surface area contributed by atoms with Crippen molar-refractivity contribution in [2.24, 2.45) is 0 Å². The Morgan fingerprint density at radius 2 is 1.63 bits per heavy atom. The Morgan fingerprint density at radius 1 is 1.00 bits per heavy atom.